The molecule has 82 valence electrons. The number of allylic oxidation sites excluding steroid dienone is 5. The molecule has 1 aliphatic carbocycles. The van der Waals surface area contributed by atoms with Crippen LogP contribution in [0.15, 0.2) is 36.0 Å². The SMILES string of the molecule is O=C(/C=C/C1=CC=CCC1)NCCCS. The van der Waals surface area contributed by atoms with E-state index in [2.05, 4.69) is 24.0 Å². The van der Waals surface area contributed by atoms with Gasteiger partial charge in [0.1, 0.15) is 0 Å². The highest BCUT2D eigenvalue weighted by atomic mass is 32.1. The summed E-state index contributed by atoms with van der Waals surface area (Å²) in [6.45, 7) is 0.700. The van der Waals surface area contributed by atoms with Crippen molar-refractivity contribution in [1.82, 2.24) is 5.32 Å². The average Bonchev–Trinajstić information content (AvgIpc) is 2.28. The van der Waals surface area contributed by atoms with Gasteiger partial charge in [0, 0.05) is 12.6 Å². The van der Waals surface area contributed by atoms with E-state index < -0.39 is 0 Å². The van der Waals surface area contributed by atoms with Gasteiger partial charge in [-0.05, 0) is 30.6 Å². The first-order valence-electron chi connectivity index (χ1n) is 5.25. The minimum absolute atomic E-state index is 0.0211. The molecule has 0 saturated heterocycles. The molecule has 0 aromatic carbocycles. The number of nitrogens with one attached hydrogen (secondary N) is 1. The molecule has 2 nitrogen and oxygen atoms in total. The Morgan fingerprint density at radius 1 is 1.60 bits per heavy atom. The van der Waals surface area contributed by atoms with Gasteiger partial charge in [-0.25, -0.2) is 0 Å². The van der Waals surface area contributed by atoms with Crippen LogP contribution in [-0.2, 0) is 4.79 Å². The predicted octanol–water partition coefficient (Wildman–Crippen LogP) is 2.26. The molecule has 15 heavy (non-hydrogen) atoms. The van der Waals surface area contributed by atoms with E-state index in [4.69, 9.17) is 0 Å². The van der Waals surface area contributed by atoms with Crippen LogP contribution in [-0.4, -0.2) is 18.2 Å². The molecule has 0 atom stereocenters. The maximum Gasteiger partial charge on any atom is 0.243 e. The Labute approximate surface area is 96.5 Å². The third-order valence-corrected chi connectivity index (χ3v) is 2.45. The first-order valence-corrected chi connectivity index (χ1v) is 5.88. The van der Waals surface area contributed by atoms with Gasteiger partial charge in [-0.1, -0.05) is 24.3 Å². The maximum absolute atomic E-state index is 11.3. The second-order valence-electron chi connectivity index (χ2n) is 3.41. The fraction of sp³-hybridized carbons (Fsp3) is 0.417. The Morgan fingerprint density at radius 2 is 2.47 bits per heavy atom. The Kier molecular flexibility index (Phi) is 5.93. The molecule has 3 heteroatoms. The molecule has 0 spiro atoms. The minimum Gasteiger partial charge on any atom is -0.353 e. The first kappa shape index (κ1) is 12.1. The second-order valence-corrected chi connectivity index (χ2v) is 3.86. The third kappa shape index (κ3) is 5.47. The van der Waals surface area contributed by atoms with E-state index >= 15 is 0 Å². The molecule has 0 unspecified atom stereocenters. The number of rotatable bonds is 5. The molecule has 0 aliphatic heterocycles. The summed E-state index contributed by atoms with van der Waals surface area (Å²) in [7, 11) is 0. The molecule has 0 saturated carbocycles. The molecule has 0 heterocycles. The van der Waals surface area contributed by atoms with E-state index in [1.54, 1.807) is 6.08 Å². The van der Waals surface area contributed by atoms with Gasteiger partial charge in [-0.3, -0.25) is 4.79 Å². The van der Waals surface area contributed by atoms with E-state index in [1.165, 1.54) is 5.57 Å². The molecule has 0 radical (unpaired) electrons. The highest BCUT2D eigenvalue weighted by molar-refractivity contribution is 7.80. The second kappa shape index (κ2) is 7.35. The van der Waals surface area contributed by atoms with Gasteiger partial charge in [-0.15, -0.1) is 0 Å². The Hall–Kier alpha value is -0.960. The summed E-state index contributed by atoms with van der Waals surface area (Å²) >= 11 is 4.07. The maximum atomic E-state index is 11.3. The van der Waals surface area contributed by atoms with Gasteiger partial charge < -0.3 is 5.32 Å². The minimum atomic E-state index is -0.0211. The summed E-state index contributed by atoms with van der Waals surface area (Å²) in [6.07, 6.45) is 12.7. The van der Waals surface area contributed by atoms with Gasteiger partial charge in [-0.2, -0.15) is 12.6 Å². The molecule has 0 aromatic heterocycles. The topological polar surface area (TPSA) is 29.1 Å². The van der Waals surface area contributed by atoms with Crippen LogP contribution in [0.2, 0.25) is 0 Å². The first-order chi connectivity index (χ1) is 7.33. The van der Waals surface area contributed by atoms with Crippen LogP contribution >= 0.6 is 12.6 Å². The zero-order chi connectivity index (χ0) is 10.9. The fourth-order valence-electron chi connectivity index (χ4n) is 1.29. The lowest BCUT2D eigenvalue weighted by Gasteiger charge is -2.03. The molecule has 1 N–H and O–H groups in total. The lowest BCUT2D eigenvalue weighted by molar-refractivity contribution is -0.116. The normalized spacial score (nSPS) is 15.4. The van der Waals surface area contributed by atoms with E-state index in [9.17, 15) is 4.79 Å². The van der Waals surface area contributed by atoms with Crippen molar-refractivity contribution in [3.05, 3.63) is 36.0 Å². The van der Waals surface area contributed by atoms with Crippen LogP contribution in [0, 0.1) is 0 Å². The highest BCUT2D eigenvalue weighted by Crippen LogP contribution is 2.12. The summed E-state index contributed by atoms with van der Waals surface area (Å²) < 4.78 is 0. The van der Waals surface area contributed by atoms with E-state index in [-0.39, 0.29) is 5.91 Å². The van der Waals surface area contributed by atoms with E-state index in [0.717, 1.165) is 25.0 Å². The average molecular weight is 223 g/mol. The van der Waals surface area contributed by atoms with Crippen LogP contribution in [0.3, 0.4) is 0 Å². The van der Waals surface area contributed by atoms with Gasteiger partial charge in [0.2, 0.25) is 5.91 Å². The largest absolute Gasteiger partial charge is 0.353 e. The molecule has 1 amide bonds. The van der Waals surface area contributed by atoms with Gasteiger partial charge in [0.15, 0.2) is 0 Å². The standard InChI is InChI=1S/C12H17NOS/c14-12(13-9-4-10-15)8-7-11-5-2-1-3-6-11/h1-2,5,7-8,15H,3-4,6,9-10H2,(H,13,14)/b8-7+. The van der Waals surface area contributed by atoms with Crippen LogP contribution in [0.1, 0.15) is 19.3 Å². The Morgan fingerprint density at radius 3 is 3.13 bits per heavy atom. The zero-order valence-corrected chi connectivity index (χ0v) is 9.67. The molecule has 1 aliphatic rings. The fourth-order valence-corrected chi connectivity index (χ4v) is 1.45. The number of amides is 1. The van der Waals surface area contributed by atoms with Crippen molar-refractivity contribution in [2.75, 3.05) is 12.3 Å². The molecular formula is C12H17NOS. The number of carbonyl (C=O) groups is 1. The van der Waals surface area contributed by atoms with Crippen LogP contribution < -0.4 is 5.32 Å². The summed E-state index contributed by atoms with van der Waals surface area (Å²) in [6, 6.07) is 0. The van der Waals surface area contributed by atoms with Crippen molar-refractivity contribution >= 4 is 18.5 Å². The summed E-state index contributed by atoms with van der Waals surface area (Å²) in [5.41, 5.74) is 1.21. The van der Waals surface area contributed by atoms with Crippen molar-refractivity contribution in [1.29, 1.82) is 0 Å². The molecule has 0 fully saturated rings. The van der Waals surface area contributed by atoms with Crippen LogP contribution in [0.4, 0.5) is 0 Å². The van der Waals surface area contributed by atoms with Gasteiger partial charge in [0.05, 0.1) is 0 Å². The van der Waals surface area contributed by atoms with Crippen molar-refractivity contribution in [3.63, 3.8) is 0 Å². The highest BCUT2D eigenvalue weighted by Gasteiger charge is 1.97. The predicted molar refractivity (Wildman–Crippen MR) is 67.1 cm³/mol. The smallest absolute Gasteiger partial charge is 0.243 e. The number of hydrogen-bond donors (Lipinski definition) is 2. The van der Waals surface area contributed by atoms with Gasteiger partial charge >= 0.3 is 0 Å². The third-order valence-electron chi connectivity index (χ3n) is 2.13. The Bertz CT molecular complexity index is 292. The quantitative estimate of drug-likeness (QED) is 0.418. The van der Waals surface area contributed by atoms with E-state index in [1.807, 2.05) is 18.2 Å². The monoisotopic (exact) mass is 223 g/mol. The number of thiol groups is 1. The van der Waals surface area contributed by atoms with Gasteiger partial charge in [0.25, 0.3) is 0 Å². The lowest BCUT2D eigenvalue weighted by atomic mass is 10.1. The number of carbonyl (C=O) groups excluding carboxylic acids is 1. The Balaban J connectivity index is 2.27. The van der Waals surface area contributed by atoms with Crippen molar-refractivity contribution < 1.29 is 4.79 Å². The molecule has 1 rings (SSSR count). The van der Waals surface area contributed by atoms with Crippen LogP contribution in [0.25, 0.3) is 0 Å². The van der Waals surface area contributed by atoms with Crippen molar-refractivity contribution in [3.8, 4) is 0 Å². The zero-order valence-electron chi connectivity index (χ0n) is 8.78. The summed E-state index contributed by atoms with van der Waals surface area (Å²) in [5.74, 6) is 0.784. The molecular weight excluding hydrogens is 206 g/mol. The van der Waals surface area contributed by atoms with Crippen LogP contribution in [0.5, 0.6) is 0 Å². The van der Waals surface area contributed by atoms with E-state index in [0.29, 0.717) is 6.54 Å². The summed E-state index contributed by atoms with van der Waals surface area (Å²) in [5, 5.41) is 2.80. The molecule has 0 bridgehead atoms. The molecule has 0 aromatic rings. The summed E-state index contributed by atoms with van der Waals surface area (Å²) in [4.78, 5) is 11.3. The number of hydrogen-bond acceptors (Lipinski definition) is 2. The van der Waals surface area contributed by atoms with Crippen molar-refractivity contribution in [2.45, 2.75) is 19.3 Å². The van der Waals surface area contributed by atoms with Crippen molar-refractivity contribution in [2.24, 2.45) is 0 Å². The lowest BCUT2D eigenvalue weighted by Crippen LogP contribution is -2.22.